The number of aromatic nitrogens is 2. The van der Waals surface area contributed by atoms with E-state index in [9.17, 15) is 4.79 Å². The smallest absolute Gasteiger partial charge is 0.261 e. The molecule has 5 nitrogen and oxygen atoms in total. The molecule has 1 N–H and O–H groups in total. The van der Waals surface area contributed by atoms with Gasteiger partial charge in [-0.3, -0.25) is 4.79 Å². The first-order valence-electron chi connectivity index (χ1n) is 8.15. The first-order chi connectivity index (χ1) is 11.9. The number of nitrogens with zero attached hydrogens (tertiary/aromatic N) is 3. The molecular weight excluding hydrogens is 332 g/mol. The minimum Gasteiger partial charge on any atom is -0.378 e. The quantitative estimate of drug-likeness (QED) is 0.777. The third-order valence-electron chi connectivity index (χ3n) is 4.19. The van der Waals surface area contributed by atoms with Crippen LogP contribution >= 0.6 is 11.3 Å². The highest BCUT2D eigenvalue weighted by atomic mass is 32.1. The highest BCUT2D eigenvalue weighted by molar-refractivity contribution is 7.20. The van der Waals surface area contributed by atoms with Crippen molar-refractivity contribution >= 4 is 33.1 Å². The highest BCUT2D eigenvalue weighted by Crippen LogP contribution is 2.31. The summed E-state index contributed by atoms with van der Waals surface area (Å²) in [5.74, 6) is 0.674. The molecule has 1 amide bonds. The zero-order chi connectivity index (χ0) is 18.1. The molecular formula is C19H22N4OS. The molecule has 0 bridgehead atoms. The fourth-order valence-electron chi connectivity index (χ4n) is 2.86. The Morgan fingerprint density at radius 3 is 2.44 bits per heavy atom. The summed E-state index contributed by atoms with van der Waals surface area (Å²) < 4.78 is 0. The molecule has 0 fully saturated rings. The topological polar surface area (TPSA) is 58.1 Å². The van der Waals surface area contributed by atoms with Gasteiger partial charge in [-0.1, -0.05) is 12.1 Å². The van der Waals surface area contributed by atoms with Crippen LogP contribution in [0.3, 0.4) is 0 Å². The SMILES string of the molecule is Cc1nc(C)c2c(C)c(C(=O)NCc3ccc(N(C)C)cc3)sc2n1. The number of nitrogens with one attached hydrogen (secondary N) is 1. The molecule has 3 aromatic rings. The monoisotopic (exact) mass is 354 g/mol. The van der Waals surface area contributed by atoms with Crippen molar-refractivity contribution in [3.63, 3.8) is 0 Å². The van der Waals surface area contributed by atoms with Gasteiger partial charge in [0.25, 0.3) is 5.91 Å². The number of aryl methyl sites for hydroxylation is 3. The average Bonchev–Trinajstić information content (AvgIpc) is 2.89. The van der Waals surface area contributed by atoms with Crippen molar-refractivity contribution in [3.05, 3.63) is 51.8 Å². The molecule has 0 atom stereocenters. The summed E-state index contributed by atoms with van der Waals surface area (Å²) in [7, 11) is 4.02. The number of rotatable bonds is 4. The standard InChI is InChI=1S/C19H22N4OS/c1-11-16-12(2)21-13(3)22-19(16)25-17(11)18(24)20-10-14-6-8-15(9-7-14)23(4)5/h6-9H,10H2,1-5H3,(H,20,24). The van der Waals surface area contributed by atoms with Crippen LogP contribution in [0.15, 0.2) is 24.3 Å². The number of anilines is 1. The van der Waals surface area contributed by atoms with Crippen LogP contribution in [-0.4, -0.2) is 30.0 Å². The maximum absolute atomic E-state index is 12.6. The molecule has 0 saturated heterocycles. The summed E-state index contributed by atoms with van der Waals surface area (Å²) in [5.41, 5.74) is 4.09. The Hall–Kier alpha value is -2.47. The molecule has 0 unspecified atom stereocenters. The van der Waals surface area contributed by atoms with Gasteiger partial charge in [0.1, 0.15) is 10.7 Å². The van der Waals surface area contributed by atoms with Gasteiger partial charge in [0, 0.05) is 37.4 Å². The molecule has 2 heterocycles. The normalized spacial score (nSPS) is 10.9. The molecule has 0 spiro atoms. The predicted molar refractivity (Wildman–Crippen MR) is 104 cm³/mol. The van der Waals surface area contributed by atoms with E-state index < -0.39 is 0 Å². The number of benzene rings is 1. The second-order valence-electron chi connectivity index (χ2n) is 6.34. The van der Waals surface area contributed by atoms with Crippen LogP contribution in [0, 0.1) is 20.8 Å². The number of fused-ring (bicyclic) bond motifs is 1. The summed E-state index contributed by atoms with van der Waals surface area (Å²) in [6.45, 7) is 6.30. The van der Waals surface area contributed by atoms with E-state index in [1.54, 1.807) is 0 Å². The summed E-state index contributed by atoms with van der Waals surface area (Å²) >= 11 is 1.43. The minimum atomic E-state index is -0.0609. The van der Waals surface area contributed by atoms with Gasteiger partial charge in [0.15, 0.2) is 0 Å². The molecule has 3 rings (SSSR count). The number of hydrogen-bond donors (Lipinski definition) is 1. The van der Waals surface area contributed by atoms with E-state index in [0.717, 1.165) is 38.5 Å². The number of thiophene rings is 1. The van der Waals surface area contributed by atoms with E-state index in [-0.39, 0.29) is 5.91 Å². The van der Waals surface area contributed by atoms with E-state index in [2.05, 4.69) is 15.3 Å². The Labute approximate surface area is 151 Å². The van der Waals surface area contributed by atoms with E-state index in [0.29, 0.717) is 11.4 Å². The average molecular weight is 354 g/mol. The van der Waals surface area contributed by atoms with Crippen LogP contribution in [0.2, 0.25) is 0 Å². The van der Waals surface area contributed by atoms with Crippen molar-refractivity contribution in [2.75, 3.05) is 19.0 Å². The Kier molecular flexibility index (Phi) is 4.72. The van der Waals surface area contributed by atoms with Gasteiger partial charge in [-0.2, -0.15) is 0 Å². The zero-order valence-corrected chi connectivity index (χ0v) is 16.0. The second kappa shape index (κ2) is 6.80. The van der Waals surface area contributed by atoms with Crippen LogP contribution in [0.5, 0.6) is 0 Å². The minimum absolute atomic E-state index is 0.0609. The molecule has 0 radical (unpaired) electrons. The molecule has 1 aromatic carbocycles. The molecule has 0 saturated carbocycles. The van der Waals surface area contributed by atoms with Crippen LogP contribution in [0.4, 0.5) is 5.69 Å². The number of carbonyl (C=O) groups excluding carboxylic acids is 1. The summed E-state index contributed by atoms with van der Waals surface area (Å²) in [6, 6.07) is 8.17. The van der Waals surface area contributed by atoms with Crippen LogP contribution in [0.1, 0.15) is 32.3 Å². The molecule has 0 aliphatic carbocycles. The lowest BCUT2D eigenvalue weighted by Gasteiger charge is -2.12. The number of carbonyl (C=O) groups is 1. The Morgan fingerprint density at radius 2 is 1.80 bits per heavy atom. The third-order valence-corrected chi connectivity index (χ3v) is 5.38. The largest absolute Gasteiger partial charge is 0.378 e. The summed E-state index contributed by atoms with van der Waals surface area (Å²) in [4.78, 5) is 25.1. The number of amides is 1. The first-order valence-corrected chi connectivity index (χ1v) is 8.97. The van der Waals surface area contributed by atoms with Gasteiger partial charge in [-0.25, -0.2) is 9.97 Å². The molecule has 25 heavy (non-hydrogen) atoms. The lowest BCUT2D eigenvalue weighted by molar-refractivity contribution is 0.0954. The lowest BCUT2D eigenvalue weighted by Crippen LogP contribution is -2.22. The zero-order valence-electron chi connectivity index (χ0n) is 15.2. The molecule has 2 aromatic heterocycles. The van der Waals surface area contributed by atoms with Crippen molar-refractivity contribution in [1.82, 2.24) is 15.3 Å². The van der Waals surface area contributed by atoms with Crippen LogP contribution in [0.25, 0.3) is 10.2 Å². The Balaban J connectivity index is 1.78. The predicted octanol–water partition coefficient (Wildman–Crippen LogP) is 3.61. The van der Waals surface area contributed by atoms with Gasteiger partial charge in [0.05, 0.1) is 4.88 Å². The van der Waals surface area contributed by atoms with E-state index in [1.165, 1.54) is 11.3 Å². The highest BCUT2D eigenvalue weighted by Gasteiger charge is 2.18. The van der Waals surface area contributed by atoms with Crippen molar-refractivity contribution in [2.45, 2.75) is 27.3 Å². The third kappa shape index (κ3) is 3.49. The second-order valence-corrected chi connectivity index (χ2v) is 7.34. The maximum atomic E-state index is 12.6. The summed E-state index contributed by atoms with van der Waals surface area (Å²) in [6.07, 6.45) is 0. The number of hydrogen-bond acceptors (Lipinski definition) is 5. The first kappa shape index (κ1) is 17.4. The Morgan fingerprint density at radius 1 is 1.12 bits per heavy atom. The van der Waals surface area contributed by atoms with Gasteiger partial charge in [-0.05, 0) is 44.0 Å². The molecule has 0 aliphatic rings. The van der Waals surface area contributed by atoms with Gasteiger partial charge >= 0.3 is 0 Å². The van der Waals surface area contributed by atoms with E-state index in [4.69, 9.17) is 0 Å². The fraction of sp³-hybridized carbons (Fsp3) is 0.316. The van der Waals surface area contributed by atoms with E-state index in [1.807, 2.05) is 64.0 Å². The van der Waals surface area contributed by atoms with E-state index >= 15 is 0 Å². The summed E-state index contributed by atoms with van der Waals surface area (Å²) in [5, 5.41) is 4.01. The molecule has 6 heteroatoms. The fourth-order valence-corrected chi connectivity index (χ4v) is 4.06. The Bertz CT molecular complexity index is 929. The molecule has 130 valence electrons. The van der Waals surface area contributed by atoms with Crippen LogP contribution in [-0.2, 0) is 6.54 Å². The lowest BCUT2D eigenvalue weighted by atomic mass is 10.1. The van der Waals surface area contributed by atoms with Crippen molar-refractivity contribution in [2.24, 2.45) is 0 Å². The van der Waals surface area contributed by atoms with Gasteiger partial charge < -0.3 is 10.2 Å². The van der Waals surface area contributed by atoms with Crippen molar-refractivity contribution in [1.29, 1.82) is 0 Å². The van der Waals surface area contributed by atoms with Gasteiger partial charge in [0.2, 0.25) is 0 Å². The van der Waals surface area contributed by atoms with Crippen LogP contribution < -0.4 is 10.2 Å². The molecule has 0 aliphatic heterocycles. The van der Waals surface area contributed by atoms with Crippen molar-refractivity contribution < 1.29 is 4.79 Å². The van der Waals surface area contributed by atoms with Crippen molar-refractivity contribution in [3.8, 4) is 0 Å². The van der Waals surface area contributed by atoms with Gasteiger partial charge in [-0.15, -0.1) is 11.3 Å². The maximum Gasteiger partial charge on any atom is 0.261 e.